The average Bonchev–Trinajstić information content (AvgIpc) is 2.99. The molecule has 0 aliphatic heterocycles. The van der Waals surface area contributed by atoms with E-state index in [-0.39, 0.29) is 13.0 Å². The minimum atomic E-state index is -1.04. The number of para-hydroxylation sites is 1. The summed E-state index contributed by atoms with van der Waals surface area (Å²) in [6, 6.07) is 19.8. The predicted molar refractivity (Wildman–Crippen MR) is 181 cm³/mol. The maximum absolute atomic E-state index is 14.7. The van der Waals surface area contributed by atoms with Gasteiger partial charge in [-0.05, 0) is 69.0 Å². The molecule has 238 valence electrons. The number of benzene rings is 3. The standard InChI is InChI=1S/C37H44ClN3O4/c1-7-9-10-14-24-41(35(43)31(25-28-17-12-11-13-18-28)39-36(44)45-37(4,5)6)33(29-22-20-27(8-2)21-23-29)34(42)40-32-26(3)16-15-19-30(32)38/h2,11-13,15-23,31,33H,7,9-10,14,24-25H2,1,3-6H3,(H,39,44)(H,40,42). The van der Waals surface area contributed by atoms with Crippen molar-refractivity contribution in [2.75, 3.05) is 11.9 Å². The van der Waals surface area contributed by atoms with Crippen molar-refractivity contribution in [1.29, 1.82) is 0 Å². The topological polar surface area (TPSA) is 87.7 Å². The van der Waals surface area contributed by atoms with Gasteiger partial charge < -0.3 is 20.3 Å². The van der Waals surface area contributed by atoms with E-state index < -0.39 is 35.6 Å². The van der Waals surface area contributed by atoms with Gasteiger partial charge >= 0.3 is 6.09 Å². The lowest BCUT2D eigenvalue weighted by Crippen LogP contribution is -2.53. The summed E-state index contributed by atoms with van der Waals surface area (Å²) in [6.07, 6.45) is 8.64. The zero-order valence-corrected chi connectivity index (χ0v) is 27.6. The average molecular weight is 630 g/mol. The Bertz CT molecular complexity index is 1460. The number of amides is 3. The quantitative estimate of drug-likeness (QED) is 0.149. The molecule has 0 saturated heterocycles. The first-order chi connectivity index (χ1) is 21.4. The maximum atomic E-state index is 14.7. The Kier molecular flexibility index (Phi) is 13.1. The van der Waals surface area contributed by atoms with Crippen LogP contribution in [0, 0.1) is 19.3 Å². The van der Waals surface area contributed by atoms with E-state index in [0.717, 1.165) is 30.4 Å². The Morgan fingerprint density at radius 3 is 2.24 bits per heavy atom. The zero-order chi connectivity index (χ0) is 33.0. The van der Waals surface area contributed by atoms with Gasteiger partial charge in [-0.15, -0.1) is 6.42 Å². The molecule has 45 heavy (non-hydrogen) atoms. The number of halogens is 1. The van der Waals surface area contributed by atoms with Crippen LogP contribution >= 0.6 is 11.6 Å². The van der Waals surface area contributed by atoms with E-state index in [1.807, 2.05) is 49.4 Å². The third kappa shape index (κ3) is 10.7. The summed E-state index contributed by atoms with van der Waals surface area (Å²) in [6.45, 7) is 9.54. The Morgan fingerprint density at radius 1 is 0.956 bits per heavy atom. The molecule has 0 saturated carbocycles. The van der Waals surface area contributed by atoms with Crippen molar-refractivity contribution in [3.63, 3.8) is 0 Å². The molecule has 2 unspecified atom stereocenters. The Labute approximate surface area is 272 Å². The number of alkyl carbamates (subject to hydrolysis) is 1. The van der Waals surface area contributed by atoms with E-state index in [1.165, 1.54) is 0 Å². The molecule has 3 aromatic carbocycles. The number of terminal acetylenes is 1. The second kappa shape index (κ2) is 16.7. The lowest BCUT2D eigenvalue weighted by Gasteiger charge is -2.35. The van der Waals surface area contributed by atoms with Gasteiger partial charge in [-0.3, -0.25) is 9.59 Å². The molecular weight excluding hydrogens is 586 g/mol. The van der Waals surface area contributed by atoms with E-state index in [9.17, 15) is 14.4 Å². The van der Waals surface area contributed by atoms with Crippen LogP contribution in [0.3, 0.4) is 0 Å². The Morgan fingerprint density at radius 2 is 1.64 bits per heavy atom. The van der Waals surface area contributed by atoms with Crippen LogP contribution in [0.2, 0.25) is 5.02 Å². The van der Waals surface area contributed by atoms with Crippen molar-refractivity contribution < 1.29 is 19.1 Å². The molecule has 0 spiro atoms. The van der Waals surface area contributed by atoms with Crippen molar-refractivity contribution in [3.05, 3.63) is 100 Å². The monoisotopic (exact) mass is 629 g/mol. The minimum Gasteiger partial charge on any atom is -0.444 e. The van der Waals surface area contributed by atoms with Crippen LogP contribution in [-0.2, 0) is 20.7 Å². The Hall–Kier alpha value is -4.28. The Balaban J connectivity index is 2.11. The van der Waals surface area contributed by atoms with Crippen LogP contribution in [0.15, 0.2) is 72.8 Å². The summed E-state index contributed by atoms with van der Waals surface area (Å²) >= 11 is 6.50. The largest absolute Gasteiger partial charge is 0.444 e. The van der Waals surface area contributed by atoms with Gasteiger partial charge in [0.1, 0.15) is 17.7 Å². The van der Waals surface area contributed by atoms with Gasteiger partial charge in [-0.1, -0.05) is 98.3 Å². The number of anilines is 1. The predicted octanol–water partition coefficient (Wildman–Crippen LogP) is 7.85. The van der Waals surface area contributed by atoms with Gasteiger partial charge in [0.2, 0.25) is 5.91 Å². The summed E-state index contributed by atoms with van der Waals surface area (Å²) in [5.74, 6) is 1.77. The molecule has 0 fully saturated rings. The number of aryl methyl sites for hydroxylation is 1. The summed E-state index contributed by atoms with van der Waals surface area (Å²) in [5.41, 5.74) is 2.57. The molecule has 0 bridgehead atoms. The molecule has 3 aromatic rings. The van der Waals surface area contributed by atoms with Crippen LogP contribution < -0.4 is 10.6 Å². The third-order valence-electron chi connectivity index (χ3n) is 7.23. The van der Waals surface area contributed by atoms with Gasteiger partial charge in [0.05, 0.1) is 10.7 Å². The number of nitrogens with zero attached hydrogens (tertiary/aromatic N) is 1. The fourth-order valence-electron chi connectivity index (χ4n) is 4.99. The van der Waals surface area contributed by atoms with E-state index in [0.29, 0.717) is 28.3 Å². The first-order valence-corrected chi connectivity index (χ1v) is 15.8. The van der Waals surface area contributed by atoms with Crippen LogP contribution in [0.5, 0.6) is 0 Å². The summed E-state index contributed by atoms with van der Waals surface area (Å²) in [5, 5.41) is 6.18. The normalized spacial score (nSPS) is 12.4. The van der Waals surface area contributed by atoms with Crippen LogP contribution in [0.25, 0.3) is 0 Å². The number of carbonyl (C=O) groups excluding carboxylic acids is 3. The molecule has 3 rings (SSSR count). The number of nitrogens with one attached hydrogen (secondary N) is 2. The molecule has 0 heterocycles. The summed E-state index contributed by atoms with van der Waals surface area (Å²) < 4.78 is 5.54. The SMILES string of the molecule is C#Cc1ccc(C(C(=O)Nc2c(C)cccc2Cl)N(CCCCCC)C(=O)C(Cc2ccccc2)NC(=O)OC(C)(C)C)cc1. The number of unbranched alkanes of at least 4 members (excludes halogenated alkanes) is 3. The maximum Gasteiger partial charge on any atom is 0.408 e. The molecule has 0 aliphatic rings. The molecule has 0 aliphatic carbocycles. The zero-order valence-electron chi connectivity index (χ0n) is 26.9. The molecule has 2 N–H and O–H groups in total. The smallest absolute Gasteiger partial charge is 0.408 e. The highest BCUT2D eigenvalue weighted by Gasteiger charge is 2.36. The van der Waals surface area contributed by atoms with E-state index in [1.54, 1.807) is 56.0 Å². The molecule has 0 radical (unpaired) electrons. The van der Waals surface area contributed by atoms with Crippen molar-refractivity contribution in [2.24, 2.45) is 0 Å². The highest BCUT2D eigenvalue weighted by atomic mass is 35.5. The highest BCUT2D eigenvalue weighted by molar-refractivity contribution is 6.34. The second-order valence-corrected chi connectivity index (χ2v) is 12.5. The van der Waals surface area contributed by atoms with Crippen molar-refractivity contribution in [1.82, 2.24) is 10.2 Å². The summed E-state index contributed by atoms with van der Waals surface area (Å²) in [4.78, 5) is 43.5. The van der Waals surface area contributed by atoms with E-state index in [2.05, 4.69) is 23.5 Å². The molecule has 2 atom stereocenters. The van der Waals surface area contributed by atoms with Gasteiger partial charge in [-0.2, -0.15) is 0 Å². The van der Waals surface area contributed by atoms with Gasteiger partial charge in [-0.25, -0.2) is 4.79 Å². The number of hydrogen-bond donors (Lipinski definition) is 2. The lowest BCUT2D eigenvalue weighted by atomic mass is 9.98. The molecule has 3 amide bonds. The van der Waals surface area contributed by atoms with Crippen LogP contribution in [0.1, 0.15) is 81.7 Å². The number of ether oxygens (including phenoxy) is 1. The fourth-order valence-corrected chi connectivity index (χ4v) is 5.26. The number of rotatable bonds is 13. The fraction of sp³-hybridized carbons (Fsp3) is 0.378. The molecule has 8 heteroatoms. The van der Waals surface area contributed by atoms with Crippen LogP contribution in [0.4, 0.5) is 10.5 Å². The van der Waals surface area contributed by atoms with Crippen molar-refractivity contribution >= 4 is 35.2 Å². The van der Waals surface area contributed by atoms with Crippen molar-refractivity contribution in [2.45, 2.75) is 84.4 Å². The number of hydrogen-bond acceptors (Lipinski definition) is 4. The second-order valence-electron chi connectivity index (χ2n) is 12.1. The molecule has 0 aromatic heterocycles. The minimum absolute atomic E-state index is 0.207. The van der Waals surface area contributed by atoms with Crippen LogP contribution in [-0.4, -0.2) is 41.0 Å². The van der Waals surface area contributed by atoms with Gasteiger partial charge in [0.25, 0.3) is 5.91 Å². The van der Waals surface area contributed by atoms with Crippen molar-refractivity contribution in [3.8, 4) is 12.3 Å². The lowest BCUT2D eigenvalue weighted by molar-refractivity contribution is -0.140. The first kappa shape index (κ1) is 35.2. The first-order valence-electron chi connectivity index (χ1n) is 15.4. The highest BCUT2D eigenvalue weighted by Crippen LogP contribution is 2.30. The summed E-state index contributed by atoms with van der Waals surface area (Å²) in [7, 11) is 0. The number of carbonyl (C=O) groups is 3. The third-order valence-corrected chi connectivity index (χ3v) is 7.55. The van der Waals surface area contributed by atoms with Gasteiger partial charge in [0.15, 0.2) is 0 Å². The van der Waals surface area contributed by atoms with E-state index >= 15 is 0 Å². The van der Waals surface area contributed by atoms with E-state index in [4.69, 9.17) is 22.8 Å². The molecular formula is C37H44ClN3O4. The molecule has 7 nitrogen and oxygen atoms in total. The van der Waals surface area contributed by atoms with Gasteiger partial charge in [0, 0.05) is 18.5 Å².